The summed E-state index contributed by atoms with van der Waals surface area (Å²) in [5, 5.41) is 3.05. The predicted molar refractivity (Wildman–Crippen MR) is 73.1 cm³/mol. The van der Waals surface area contributed by atoms with Gasteiger partial charge in [-0.2, -0.15) is 0 Å². The van der Waals surface area contributed by atoms with Crippen molar-refractivity contribution in [3.05, 3.63) is 35.4 Å². The molecule has 0 aromatic heterocycles. The molecule has 1 aromatic rings. The fraction of sp³-hybridized carbons (Fsp3) is 0.533. The van der Waals surface area contributed by atoms with Gasteiger partial charge in [-0.15, -0.1) is 0 Å². The van der Waals surface area contributed by atoms with E-state index >= 15 is 0 Å². The van der Waals surface area contributed by atoms with E-state index in [1.54, 1.807) is 6.07 Å². The summed E-state index contributed by atoms with van der Waals surface area (Å²) in [6.07, 6.45) is -0.592. The SMILES string of the molecule is COC(=O)C(NCC1CCCO1)c1cccc(C(F)F)c1. The van der Waals surface area contributed by atoms with E-state index in [0.29, 0.717) is 12.1 Å². The largest absolute Gasteiger partial charge is 0.468 e. The van der Waals surface area contributed by atoms with E-state index in [1.807, 2.05) is 0 Å². The Balaban J connectivity index is 2.10. The Morgan fingerprint density at radius 1 is 1.48 bits per heavy atom. The Hall–Kier alpha value is -1.53. The van der Waals surface area contributed by atoms with Gasteiger partial charge in [-0.05, 0) is 24.5 Å². The lowest BCUT2D eigenvalue weighted by molar-refractivity contribution is -0.143. The van der Waals surface area contributed by atoms with Crippen LogP contribution < -0.4 is 5.32 Å². The molecule has 0 spiro atoms. The van der Waals surface area contributed by atoms with E-state index in [1.165, 1.54) is 25.3 Å². The zero-order valence-corrected chi connectivity index (χ0v) is 11.9. The molecule has 0 aliphatic carbocycles. The number of esters is 1. The average Bonchev–Trinajstić information content (AvgIpc) is 3.00. The van der Waals surface area contributed by atoms with Crippen molar-refractivity contribution in [2.24, 2.45) is 0 Å². The number of alkyl halides is 2. The van der Waals surface area contributed by atoms with Crippen molar-refractivity contribution >= 4 is 5.97 Å². The van der Waals surface area contributed by atoms with Crippen LogP contribution in [0.2, 0.25) is 0 Å². The molecular formula is C15H19F2NO3. The summed E-state index contributed by atoms with van der Waals surface area (Å²) >= 11 is 0. The fourth-order valence-electron chi connectivity index (χ4n) is 2.38. The smallest absolute Gasteiger partial charge is 0.327 e. The number of methoxy groups -OCH3 is 1. The Labute approximate surface area is 122 Å². The van der Waals surface area contributed by atoms with Gasteiger partial charge in [0.05, 0.1) is 13.2 Å². The van der Waals surface area contributed by atoms with Gasteiger partial charge in [-0.25, -0.2) is 13.6 Å². The normalized spacial score (nSPS) is 19.7. The summed E-state index contributed by atoms with van der Waals surface area (Å²) in [6.45, 7) is 1.20. The summed E-state index contributed by atoms with van der Waals surface area (Å²) in [6, 6.07) is 5.05. The molecule has 0 bridgehead atoms. The van der Waals surface area contributed by atoms with Crippen LogP contribution in [0.5, 0.6) is 0 Å². The first-order valence-electron chi connectivity index (χ1n) is 6.92. The molecule has 2 atom stereocenters. The summed E-state index contributed by atoms with van der Waals surface area (Å²) in [5.74, 6) is -0.501. The van der Waals surface area contributed by atoms with E-state index in [0.717, 1.165) is 19.4 Å². The number of hydrogen-bond acceptors (Lipinski definition) is 4. The second-order valence-corrected chi connectivity index (χ2v) is 4.97. The molecule has 2 rings (SSSR count). The Bertz CT molecular complexity index is 476. The van der Waals surface area contributed by atoms with Gasteiger partial charge >= 0.3 is 5.97 Å². The number of carbonyl (C=O) groups is 1. The number of nitrogens with one attached hydrogen (secondary N) is 1. The lowest BCUT2D eigenvalue weighted by Crippen LogP contribution is -2.35. The van der Waals surface area contributed by atoms with Gasteiger partial charge in [0.25, 0.3) is 6.43 Å². The first-order valence-corrected chi connectivity index (χ1v) is 6.92. The second kappa shape index (κ2) is 7.47. The number of benzene rings is 1. The lowest BCUT2D eigenvalue weighted by atomic mass is 10.0. The third kappa shape index (κ3) is 4.22. The number of ether oxygens (including phenoxy) is 2. The average molecular weight is 299 g/mol. The Morgan fingerprint density at radius 3 is 2.86 bits per heavy atom. The molecule has 0 saturated carbocycles. The van der Waals surface area contributed by atoms with Crippen molar-refractivity contribution < 1.29 is 23.0 Å². The van der Waals surface area contributed by atoms with Crippen LogP contribution in [0.3, 0.4) is 0 Å². The molecule has 1 saturated heterocycles. The van der Waals surface area contributed by atoms with Crippen LogP contribution in [0.15, 0.2) is 24.3 Å². The highest BCUT2D eigenvalue weighted by Gasteiger charge is 2.24. The zero-order chi connectivity index (χ0) is 15.2. The maximum atomic E-state index is 12.8. The first-order chi connectivity index (χ1) is 10.1. The van der Waals surface area contributed by atoms with Crippen molar-refractivity contribution in [3.8, 4) is 0 Å². The maximum absolute atomic E-state index is 12.8. The predicted octanol–water partition coefficient (Wildman–Crippen LogP) is 2.61. The van der Waals surface area contributed by atoms with Crippen LogP contribution in [0.1, 0.15) is 36.4 Å². The topological polar surface area (TPSA) is 47.6 Å². The molecule has 4 nitrogen and oxygen atoms in total. The molecule has 2 unspecified atom stereocenters. The third-order valence-electron chi connectivity index (χ3n) is 3.51. The number of hydrogen-bond donors (Lipinski definition) is 1. The molecule has 116 valence electrons. The van der Waals surface area contributed by atoms with E-state index in [4.69, 9.17) is 9.47 Å². The molecule has 1 fully saturated rings. The molecule has 1 aromatic carbocycles. The highest BCUT2D eigenvalue weighted by atomic mass is 19.3. The van der Waals surface area contributed by atoms with Gasteiger partial charge in [0.1, 0.15) is 6.04 Å². The van der Waals surface area contributed by atoms with Crippen LogP contribution in [0.4, 0.5) is 8.78 Å². The standard InChI is InChI=1S/C15H19F2NO3/c1-20-15(19)13(18-9-12-6-3-7-21-12)10-4-2-5-11(8-10)14(16)17/h2,4-5,8,12-14,18H,3,6-7,9H2,1H3. The third-order valence-corrected chi connectivity index (χ3v) is 3.51. The molecule has 1 aliphatic rings. The molecule has 0 radical (unpaired) electrons. The molecule has 1 heterocycles. The zero-order valence-electron chi connectivity index (χ0n) is 11.9. The summed E-state index contributed by atoms with van der Waals surface area (Å²) in [5.41, 5.74) is 0.359. The summed E-state index contributed by atoms with van der Waals surface area (Å²) in [7, 11) is 1.28. The number of halogens is 2. The van der Waals surface area contributed by atoms with Crippen LogP contribution in [0, 0.1) is 0 Å². The van der Waals surface area contributed by atoms with E-state index in [-0.39, 0.29) is 11.7 Å². The van der Waals surface area contributed by atoms with Gasteiger partial charge in [-0.3, -0.25) is 5.32 Å². The van der Waals surface area contributed by atoms with Gasteiger partial charge < -0.3 is 9.47 Å². The van der Waals surface area contributed by atoms with Crippen LogP contribution in [0.25, 0.3) is 0 Å². The van der Waals surface area contributed by atoms with Crippen LogP contribution in [-0.2, 0) is 14.3 Å². The van der Waals surface area contributed by atoms with Crippen molar-refractivity contribution in [2.45, 2.75) is 31.4 Å². The monoisotopic (exact) mass is 299 g/mol. The highest BCUT2D eigenvalue weighted by molar-refractivity contribution is 5.77. The lowest BCUT2D eigenvalue weighted by Gasteiger charge is -2.19. The number of carbonyl (C=O) groups excluding carboxylic acids is 1. The first kappa shape index (κ1) is 15.9. The van der Waals surface area contributed by atoms with Gasteiger partial charge in [0.15, 0.2) is 0 Å². The molecular weight excluding hydrogens is 280 g/mol. The maximum Gasteiger partial charge on any atom is 0.327 e. The van der Waals surface area contributed by atoms with Crippen LogP contribution in [-0.4, -0.2) is 32.3 Å². The fourth-order valence-corrected chi connectivity index (χ4v) is 2.38. The van der Waals surface area contributed by atoms with Gasteiger partial charge in [0, 0.05) is 18.7 Å². The van der Waals surface area contributed by atoms with Crippen molar-refractivity contribution in [1.29, 1.82) is 0 Å². The van der Waals surface area contributed by atoms with E-state index < -0.39 is 18.4 Å². The molecule has 6 heteroatoms. The second-order valence-electron chi connectivity index (χ2n) is 4.97. The minimum atomic E-state index is -2.57. The van der Waals surface area contributed by atoms with Crippen molar-refractivity contribution in [1.82, 2.24) is 5.32 Å². The molecule has 1 N–H and O–H groups in total. The molecule has 0 amide bonds. The van der Waals surface area contributed by atoms with Crippen molar-refractivity contribution in [2.75, 3.05) is 20.3 Å². The van der Waals surface area contributed by atoms with Crippen LogP contribution >= 0.6 is 0 Å². The van der Waals surface area contributed by atoms with Crippen molar-refractivity contribution in [3.63, 3.8) is 0 Å². The summed E-state index contributed by atoms with van der Waals surface area (Å²) < 4.78 is 35.8. The van der Waals surface area contributed by atoms with E-state index in [2.05, 4.69) is 5.32 Å². The highest BCUT2D eigenvalue weighted by Crippen LogP contribution is 2.23. The molecule has 1 aliphatic heterocycles. The Kier molecular flexibility index (Phi) is 5.64. The summed E-state index contributed by atoms with van der Waals surface area (Å²) in [4.78, 5) is 11.9. The molecule has 21 heavy (non-hydrogen) atoms. The number of rotatable bonds is 6. The quantitative estimate of drug-likeness (QED) is 0.820. The minimum absolute atomic E-state index is 0.0513. The van der Waals surface area contributed by atoms with Gasteiger partial charge in [-0.1, -0.05) is 18.2 Å². The van der Waals surface area contributed by atoms with Gasteiger partial charge in [0.2, 0.25) is 0 Å². The minimum Gasteiger partial charge on any atom is -0.468 e. The van der Waals surface area contributed by atoms with E-state index in [9.17, 15) is 13.6 Å². The Morgan fingerprint density at radius 2 is 2.24 bits per heavy atom.